The van der Waals surface area contributed by atoms with Crippen molar-refractivity contribution in [2.24, 2.45) is 0 Å². The Labute approximate surface area is 154 Å². The van der Waals surface area contributed by atoms with E-state index >= 15 is 0 Å². The maximum absolute atomic E-state index is 12.8. The van der Waals surface area contributed by atoms with Crippen LogP contribution in [-0.2, 0) is 6.18 Å². The molecule has 1 aliphatic heterocycles. The van der Waals surface area contributed by atoms with Crippen molar-refractivity contribution >= 4 is 17.4 Å². The number of carbonyl (C=O) groups is 1. The van der Waals surface area contributed by atoms with Crippen LogP contribution in [0.3, 0.4) is 0 Å². The second kappa shape index (κ2) is 7.61. The van der Waals surface area contributed by atoms with Crippen LogP contribution in [0.2, 0.25) is 0 Å². The van der Waals surface area contributed by atoms with Crippen LogP contribution in [0.25, 0.3) is 0 Å². The van der Waals surface area contributed by atoms with Gasteiger partial charge in [-0.15, -0.1) is 0 Å². The third kappa shape index (κ3) is 4.42. The van der Waals surface area contributed by atoms with Gasteiger partial charge in [0, 0.05) is 38.3 Å². The molecule has 2 fully saturated rings. The monoisotopic (exact) mass is 386 g/mol. The molecule has 1 aliphatic carbocycles. The number of hydrogen-bond donors (Lipinski definition) is 1. The molecule has 0 spiro atoms. The molecule has 1 N–H and O–H groups in total. The lowest BCUT2D eigenvalue weighted by Crippen LogP contribution is -2.53. The second-order valence-electron chi connectivity index (χ2n) is 6.86. The van der Waals surface area contributed by atoms with Crippen LogP contribution < -0.4 is 10.2 Å². The first kappa shape index (κ1) is 19.2. The van der Waals surface area contributed by atoms with E-state index in [9.17, 15) is 28.1 Å². The average Bonchev–Trinajstić information content (AvgIpc) is 3.13. The fraction of sp³-hybridized carbons (Fsp3) is 0.588. The summed E-state index contributed by atoms with van der Waals surface area (Å²) in [5.74, 6) is 0. The summed E-state index contributed by atoms with van der Waals surface area (Å²) in [6.45, 7) is 1.36. The minimum atomic E-state index is -4.64. The van der Waals surface area contributed by atoms with Gasteiger partial charge in [-0.05, 0) is 25.0 Å². The van der Waals surface area contributed by atoms with E-state index in [0.29, 0.717) is 32.2 Å². The summed E-state index contributed by atoms with van der Waals surface area (Å²) in [6.07, 6.45) is -0.472. The summed E-state index contributed by atoms with van der Waals surface area (Å²) in [5, 5.41) is 14.2. The molecule has 7 nitrogen and oxygen atoms in total. The lowest BCUT2D eigenvalue weighted by molar-refractivity contribution is -0.384. The normalized spacial score (nSPS) is 18.6. The molecule has 2 amide bonds. The largest absolute Gasteiger partial charge is 0.416 e. The minimum absolute atomic E-state index is 0.142. The third-order valence-electron chi connectivity index (χ3n) is 5.09. The predicted octanol–water partition coefficient (Wildman–Crippen LogP) is 3.39. The van der Waals surface area contributed by atoms with Gasteiger partial charge in [0.1, 0.15) is 5.69 Å². The van der Waals surface area contributed by atoms with Crippen molar-refractivity contribution in [3.8, 4) is 0 Å². The van der Waals surface area contributed by atoms with Crippen LogP contribution in [0.1, 0.15) is 31.2 Å². The van der Waals surface area contributed by atoms with Crippen molar-refractivity contribution in [3.05, 3.63) is 33.9 Å². The number of piperazine rings is 1. The maximum Gasteiger partial charge on any atom is 0.416 e. The van der Waals surface area contributed by atoms with Gasteiger partial charge >= 0.3 is 12.2 Å². The standard InChI is InChI=1S/C17H21F3N4O3/c18-17(19,20)12-5-6-14(15(11-12)24(26)27)22-7-9-23(10-8-22)16(25)21-13-3-1-2-4-13/h5-6,11,13H,1-4,7-10H2,(H,21,25). The average molecular weight is 386 g/mol. The Balaban J connectivity index is 1.66. The Hall–Kier alpha value is -2.52. The summed E-state index contributed by atoms with van der Waals surface area (Å²) < 4.78 is 38.5. The second-order valence-corrected chi connectivity index (χ2v) is 6.86. The van der Waals surface area contributed by atoms with E-state index in [-0.39, 0.29) is 17.8 Å². The highest BCUT2D eigenvalue weighted by molar-refractivity contribution is 5.75. The van der Waals surface area contributed by atoms with Gasteiger partial charge in [-0.3, -0.25) is 10.1 Å². The molecule has 2 aliphatic rings. The topological polar surface area (TPSA) is 78.7 Å². The smallest absolute Gasteiger partial charge is 0.362 e. The van der Waals surface area contributed by atoms with E-state index in [1.54, 1.807) is 9.80 Å². The molecule has 0 radical (unpaired) electrons. The first-order valence-electron chi connectivity index (χ1n) is 8.92. The molecule has 0 aromatic heterocycles. The number of anilines is 1. The summed E-state index contributed by atoms with van der Waals surface area (Å²) in [6, 6.07) is 2.60. The van der Waals surface area contributed by atoms with Crippen LogP contribution in [0.15, 0.2) is 18.2 Å². The molecule has 148 valence electrons. The van der Waals surface area contributed by atoms with Crippen LogP contribution in [0.4, 0.5) is 29.3 Å². The number of nitro benzene ring substituents is 1. The van der Waals surface area contributed by atoms with Gasteiger partial charge in [0.05, 0.1) is 10.5 Å². The van der Waals surface area contributed by atoms with E-state index in [1.807, 2.05) is 0 Å². The fourth-order valence-corrected chi connectivity index (χ4v) is 3.60. The van der Waals surface area contributed by atoms with Crippen molar-refractivity contribution in [1.82, 2.24) is 10.2 Å². The van der Waals surface area contributed by atoms with Crippen molar-refractivity contribution < 1.29 is 22.9 Å². The van der Waals surface area contributed by atoms with Crippen LogP contribution >= 0.6 is 0 Å². The molecule has 0 bridgehead atoms. The molecule has 10 heteroatoms. The van der Waals surface area contributed by atoms with Gasteiger partial charge in [0.2, 0.25) is 0 Å². The number of urea groups is 1. The van der Waals surface area contributed by atoms with E-state index in [2.05, 4.69) is 5.32 Å². The van der Waals surface area contributed by atoms with Gasteiger partial charge in [-0.2, -0.15) is 13.2 Å². The first-order chi connectivity index (χ1) is 12.8. The molecule has 1 aromatic rings. The highest BCUT2D eigenvalue weighted by Crippen LogP contribution is 2.36. The molecular formula is C17H21F3N4O3. The molecular weight excluding hydrogens is 365 g/mol. The number of benzene rings is 1. The summed E-state index contributed by atoms with van der Waals surface area (Å²) in [4.78, 5) is 26.0. The van der Waals surface area contributed by atoms with Crippen molar-refractivity contribution in [2.75, 3.05) is 31.1 Å². The number of hydrogen-bond acceptors (Lipinski definition) is 4. The Bertz CT molecular complexity index is 712. The number of halogens is 3. The Morgan fingerprint density at radius 2 is 1.78 bits per heavy atom. The highest BCUT2D eigenvalue weighted by Gasteiger charge is 2.34. The minimum Gasteiger partial charge on any atom is -0.362 e. The Morgan fingerprint density at radius 1 is 1.15 bits per heavy atom. The number of amides is 2. The SMILES string of the molecule is O=C(NC1CCCC1)N1CCN(c2ccc(C(F)(F)F)cc2[N+](=O)[O-])CC1. The zero-order valence-electron chi connectivity index (χ0n) is 14.7. The molecule has 3 rings (SSSR count). The molecule has 0 unspecified atom stereocenters. The molecule has 1 saturated heterocycles. The van der Waals surface area contributed by atoms with Crippen molar-refractivity contribution in [3.63, 3.8) is 0 Å². The van der Waals surface area contributed by atoms with Crippen molar-refractivity contribution in [1.29, 1.82) is 0 Å². The first-order valence-corrected chi connectivity index (χ1v) is 8.92. The Kier molecular flexibility index (Phi) is 5.43. The van der Waals surface area contributed by atoms with Crippen LogP contribution in [0, 0.1) is 10.1 Å². The molecule has 1 saturated carbocycles. The molecule has 1 heterocycles. The molecule has 0 atom stereocenters. The van der Waals surface area contributed by atoms with Gasteiger partial charge in [0.25, 0.3) is 5.69 Å². The quantitative estimate of drug-likeness (QED) is 0.638. The number of carbonyl (C=O) groups excluding carboxylic acids is 1. The van der Waals surface area contributed by atoms with E-state index in [4.69, 9.17) is 0 Å². The summed E-state index contributed by atoms with van der Waals surface area (Å²) in [7, 11) is 0. The zero-order valence-corrected chi connectivity index (χ0v) is 14.7. The zero-order chi connectivity index (χ0) is 19.6. The number of nitrogens with zero attached hydrogens (tertiary/aromatic N) is 3. The van der Waals surface area contributed by atoms with Gasteiger partial charge in [-0.25, -0.2) is 4.79 Å². The number of rotatable bonds is 3. The summed E-state index contributed by atoms with van der Waals surface area (Å²) >= 11 is 0. The number of alkyl halides is 3. The third-order valence-corrected chi connectivity index (χ3v) is 5.09. The van der Waals surface area contributed by atoms with E-state index in [0.717, 1.165) is 37.8 Å². The van der Waals surface area contributed by atoms with Crippen LogP contribution in [0.5, 0.6) is 0 Å². The van der Waals surface area contributed by atoms with Gasteiger partial charge in [0.15, 0.2) is 0 Å². The highest BCUT2D eigenvalue weighted by atomic mass is 19.4. The van der Waals surface area contributed by atoms with E-state index < -0.39 is 22.4 Å². The number of nitrogens with one attached hydrogen (secondary N) is 1. The van der Waals surface area contributed by atoms with E-state index in [1.165, 1.54) is 0 Å². The van der Waals surface area contributed by atoms with Gasteiger partial charge < -0.3 is 15.1 Å². The maximum atomic E-state index is 12.8. The predicted molar refractivity (Wildman–Crippen MR) is 92.7 cm³/mol. The summed E-state index contributed by atoms with van der Waals surface area (Å²) in [5.41, 5.74) is -1.48. The van der Waals surface area contributed by atoms with Crippen LogP contribution in [-0.4, -0.2) is 48.1 Å². The lowest BCUT2D eigenvalue weighted by Gasteiger charge is -2.36. The Morgan fingerprint density at radius 3 is 2.33 bits per heavy atom. The molecule has 27 heavy (non-hydrogen) atoms. The fourth-order valence-electron chi connectivity index (χ4n) is 3.60. The lowest BCUT2D eigenvalue weighted by atomic mass is 10.1. The number of nitro groups is 1. The van der Waals surface area contributed by atoms with Gasteiger partial charge in [-0.1, -0.05) is 12.8 Å². The van der Waals surface area contributed by atoms with Crippen molar-refractivity contribution in [2.45, 2.75) is 37.9 Å². The molecule has 1 aromatic carbocycles.